The van der Waals surface area contributed by atoms with E-state index in [1.165, 1.54) is 0 Å². The molecule has 0 spiro atoms. The van der Waals surface area contributed by atoms with Crippen LogP contribution in [0.3, 0.4) is 0 Å². The lowest BCUT2D eigenvalue weighted by Crippen LogP contribution is -2.10. The highest BCUT2D eigenvalue weighted by molar-refractivity contribution is 6.17. The van der Waals surface area contributed by atoms with Crippen LogP contribution < -0.4 is 4.74 Å². The van der Waals surface area contributed by atoms with Crippen LogP contribution in [0.15, 0.2) is 18.2 Å². The van der Waals surface area contributed by atoms with Crippen molar-refractivity contribution in [3.8, 4) is 5.75 Å². The number of aryl methyl sites for hydroxylation is 1. The molecule has 4 heteroatoms. The van der Waals surface area contributed by atoms with Gasteiger partial charge in [-0.3, -0.25) is 0 Å². The third kappa shape index (κ3) is 3.09. The highest BCUT2D eigenvalue weighted by atomic mass is 35.5. The summed E-state index contributed by atoms with van der Waals surface area (Å²) in [6, 6.07) is 6.13. The molecule has 1 aromatic heterocycles. The van der Waals surface area contributed by atoms with Crippen molar-refractivity contribution in [2.75, 3.05) is 12.5 Å². The average molecular weight is 295 g/mol. The molecule has 1 unspecified atom stereocenters. The molecule has 110 valence electrons. The highest BCUT2D eigenvalue weighted by Gasteiger charge is 2.15. The summed E-state index contributed by atoms with van der Waals surface area (Å²) in [6.07, 6.45) is 1.95. The molecule has 0 amide bonds. The van der Waals surface area contributed by atoms with Crippen LogP contribution in [0.2, 0.25) is 0 Å². The number of imidazole rings is 1. The number of ether oxygens (including phenoxy) is 1. The van der Waals surface area contributed by atoms with E-state index in [1.54, 1.807) is 0 Å². The van der Waals surface area contributed by atoms with Crippen molar-refractivity contribution in [2.24, 2.45) is 5.92 Å². The largest absolute Gasteiger partial charge is 0.492 e. The van der Waals surface area contributed by atoms with Gasteiger partial charge in [0.25, 0.3) is 0 Å². The van der Waals surface area contributed by atoms with Crippen molar-refractivity contribution >= 4 is 22.6 Å². The Labute approximate surface area is 125 Å². The third-order valence-electron chi connectivity index (χ3n) is 3.63. The second-order valence-electron chi connectivity index (χ2n) is 5.15. The number of nitrogens with zero attached hydrogens (tertiary/aromatic N) is 2. The molecular formula is C16H23ClN2O. The molecule has 0 bridgehead atoms. The van der Waals surface area contributed by atoms with E-state index in [0.717, 1.165) is 42.0 Å². The number of hydrogen-bond donors (Lipinski definition) is 0. The number of hydrogen-bond acceptors (Lipinski definition) is 2. The quantitative estimate of drug-likeness (QED) is 0.713. The summed E-state index contributed by atoms with van der Waals surface area (Å²) in [4.78, 5) is 4.76. The zero-order valence-corrected chi connectivity index (χ0v) is 13.3. The van der Waals surface area contributed by atoms with Gasteiger partial charge in [0.2, 0.25) is 0 Å². The van der Waals surface area contributed by atoms with Crippen LogP contribution in [0.5, 0.6) is 5.75 Å². The van der Waals surface area contributed by atoms with Crippen LogP contribution in [-0.4, -0.2) is 22.0 Å². The Morgan fingerprint density at radius 2 is 2.15 bits per heavy atom. The molecule has 1 heterocycles. The lowest BCUT2D eigenvalue weighted by Gasteiger charge is -2.13. The summed E-state index contributed by atoms with van der Waals surface area (Å²) < 4.78 is 7.99. The molecule has 0 saturated heterocycles. The number of aromatic nitrogens is 2. The molecular weight excluding hydrogens is 272 g/mol. The maximum Gasteiger partial charge on any atom is 0.147 e. The Bertz CT molecular complexity index is 565. The first-order chi connectivity index (χ1) is 9.71. The predicted octanol–water partition coefficient (Wildman–Crippen LogP) is 4.26. The van der Waals surface area contributed by atoms with E-state index >= 15 is 0 Å². The number of halogens is 1. The number of fused-ring (bicyclic) bond motifs is 1. The van der Waals surface area contributed by atoms with Gasteiger partial charge in [-0.15, -0.1) is 11.6 Å². The lowest BCUT2D eigenvalue weighted by atomic mass is 10.1. The van der Waals surface area contributed by atoms with E-state index in [4.69, 9.17) is 21.3 Å². The monoisotopic (exact) mass is 294 g/mol. The molecule has 0 aliphatic heterocycles. The van der Waals surface area contributed by atoms with Gasteiger partial charge in [0.1, 0.15) is 17.1 Å². The smallest absolute Gasteiger partial charge is 0.147 e. The first kappa shape index (κ1) is 15.2. The standard InChI is InChI=1S/C16H23ClN2O/c1-4-12(3)11-19-13-7-6-8-14(20-5-2)16(13)18-15(19)9-10-17/h6-8,12H,4-5,9-11H2,1-3H3. The predicted molar refractivity (Wildman–Crippen MR) is 84.8 cm³/mol. The van der Waals surface area contributed by atoms with Gasteiger partial charge < -0.3 is 9.30 Å². The van der Waals surface area contributed by atoms with Crippen molar-refractivity contribution in [1.82, 2.24) is 9.55 Å². The van der Waals surface area contributed by atoms with Gasteiger partial charge in [0, 0.05) is 18.8 Å². The van der Waals surface area contributed by atoms with E-state index < -0.39 is 0 Å². The van der Waals surface area contributed by atoms with Gasteiger partial charge in [-0.05, 0) is 25.0 Å². The molecule has 2 aromatic rings. The molecule has 0 aliphatic carbocycles. The lowest BCUT2D eigenvalue weighted by molar-refractivity contribution is 0.343. The van der Waals surface area contributed by atoms with Crippen LogP contribution in [0.25, 0.3) is 11.0 Å². The molecule has 1 atom stereocenters. The number of benzene rings is 1. The van der Waals surface area contributed by atoms with E-state index in [-0.39, 0.29) is 0 Å². The molecule has 0 N–H and O–H groups in total. The number of para-hydroxylation sites is 1. The summed E-state index contributed by atoms with van der Waals surface area (Å²) in [5.41, 5.74) is 2.11. The minimum atomic E-state index is 0.591. The van der Waals surface area contributed by atoms with Gasteiger partial charge in [0.15, 0.2) is 0 Å². The SMILES string of the molecule is CCOc1cccc2c1nc(CCCl)n2CC(C)CC. The second-order valence-corrected chi connectivity index (χ2v) is 5.53. The fourth-order valence-electron chi connectivity index (χ4n) is 2.36. The minimum absolute atomic E-state index is 0.591. The van der Waals surface area contributed by atoms with Crippen LogP contribution in [-0.2, 0) is 13.0 Å². The van der Waals surface area contributed by atoms with Gasteiger partial charge in [-0.2, -0.15) is 0 Å². The van der Waals surface area contributed by atoms with Crippen molar-refractivity contribution in [3.05, 3.63) is 24.0 Å². The Hall–Kier alpha value is -1.22. The van der Waals surface area contributed by atoms with Crippen LogP contribution in [0.1, 0.15) is 33.0 Å². The van der Waals surface area contributed by atoms with Crippen molar-refractivity contribution < 1.29 is 4.74 Å². The fraction of sp³-hybridized carbons (Fsp3) is 0.562. The van der Waals surface area contributed by atoms with Gasteiger partial charge >= 0.3 is 0 Å². The van der Waals surface area contributed by atoms with E-state index in [9.17, 15) is 0 Å². The minimum Gasteiger partial charge on any atom is -0.492 e. The van der Waals surface area contributed by atoms with Crippen molar-refractivity contribution in [1.29, 1.82) is 0 Å². The van der Waals surface area contributed by atoms with Crippen LogP contribution >= 0.6 is 11.6 Å². The molecule has 0 saturated carbocycles. The molecule has 0 aliphatic rings. The van der Waals surface area contributed by atoms with E-state index in [0.29, 0.717) is 18.4 Å². The molecule has 0 fully saturated rings. The summed E-state index contributed by atoms with van der Waals surface area (Å²) in [7, 11) is 0. The summed E-state index contributed by atoms with van der Waals surface area (Å²) >= 11 is 5.92. The fourth-order valence-corrected chi connectivity index (χ4v) is 2.53. The van der Waals surface area contributed by atoms with Crippen LogP contribution in [0.4, 0.5) is 0 Å². The van der Waals surface area contributed by atoms with Gasteiger partial charge in [-0.1, -0.05) is 26.3 Å². The number of alkyl halides is 1. The summed E-state index contributed by atoms with van der Waals surface area (Å²) in [6.45, 7) is 8.12. The normalized spacial score (nSPS) is 12.8. The maximum atomic E-state index is 5.92. The van der Waals surface area contributed by atoms with Crippen molar-refractivity contribution in [2.45, 2.75) is 40.2 Å². The molecule has 2 rings (SSSR count). The summed E-state index contributed by atoms with van der Waals surface area (Å²) in [5.74, 6) is 3.14. The first-order valence-corrected chi connectivity index (χ1v) is 7.91. The van der Waals surface area contributed by atoms with Gasteiger partial charge in [0.05, 0.1) is 12.1 Å². The Balaban J connectivity index is 2.51. The van der Waals surface area contributed by atoms with Crippen LogP contribution in [0, 0.1) is 5.92 Å². The molecule has 0 radical (unpaired) electrons. The second kappa shape index (κ2) is 6.98. The van der Waals surface area contributed by atoms with E-state index in [2.05, 4.69) is 24.5 Å². The Kier molecular flexibility index (Phi) is 5.30. The maximum absolute atomic E-state index is 5.92. The topological polar surface area (TPSA) is 27.1 Å². The average Bonchev–Trinajstić information content (AvgIpc) is 2.79. The van der Waals surface area contributed by atoms with Gasteiger partial charge in [-0.25, -0.2) is 4.98 Å². The molecule has 20 heavy (non-hydrogen) atoms. The first-order valence-electron chi connectivity index (χ1n) is 7.38. The Morgan fingerprint density at radius 1 is 1.35 bits per heavy atom. The number of rotatable bonds is 7. The highest BCUT2D eigenvalue weighted by Crippen LogP contribution is 2.27. The Morgan fingerprint density at radius 3 is 2.80 bits per heavy atom. The molecule has 3 nitrogen and oxygen atoms in total. The third-order valence-corrected chi connectivity index (χ3v) is 3.82. The van der Waals surface area contributed by atoms with Crippen molar-refractivity contribution in [3.63, 3.8) is 0 Å². The molecule has 1 aromatic carbocycles. The zero-order valence-electron chi connectivity index (χ0n) is 12.5. The zero-order chi connectivity index (χ0) is 14.5. The summed E-state index contributed by atoms with van der Waals surface area (Å²) in [5, 5.41) is 0. The van der Waals surface area contributed by atoms with E-state index in [1.807, 2.05) is 19.1 Å².